The van der Waals surface area contributed by atoms with Crippen molar-refractivity contribution in [1.82, 2.24) is 20.3 Å². The van der Waals surface area contributed by atoms with Gasteiger partial charge in [-0.05, 0) is 53.1 Å². The van der Waals surface area contributed by atoms with Crippen molar-refractivity contribution in [2.75, 3.05) is 4.90 Å². The minimum Gasteiger partial charge on any atom is -0.391 e. The van der Waals surface area contributed by atoms with Gasteiger partial charge in [-0.2, -0.15) is 0 Å². The van der Waals surface area contributed by atoms with Crippen LogP contribution in [0.5, 0.6) is 0 Å². The van der Waals surface area contributed by atoms with E-state index in [9.17, 15) is 14.7 Å². The van der Waals surface area contributed by atoms with E-state index in [1.54, 1.807) is 24.5 Å². The SMILES string of the molecule is CC(C)(C)c1ccc(N(C(=O)c2c[nH]cn2)C(C(=O)N[C@H]2c3ccccc3CC[C@H]2O)c2cccnc2)cc1. The monoisotopic (exact) mass is 523 g/mol. The molecule has 39 heavy (non-hydrogen) atoms. The second-order valence-corrected chi connectivity index (χ2v) is 10.9. The fraction of sp³-hybridized carbons (Fsp3) is 0.290. The number of aromatic amines is 1. The molecular weight excluding hydrogens is 490 g/mol. The van der Waals surface area contributed by atoms with Crippen LogP contribution >= 0.6 is 0 Å². The predicted molar refractivity (Wildman–Crippen MR) is 149 cm³/mol. The summed E-state index contributed by atoms with van der Waals surface area (Å²) in [5.41, 5.74) is 4.26. The van der Waals surface area contributed by atoms with Crippen molar-refractivity contribution < 1.29 is 14.7 Å². The Kier molecular flexibility index (Phi) is 7.30. The van der Waals surface area contributed by atoms with Crippen LogP contribution in [0.15, 0.2) is 85.6 Å². The maximum Gasteiger partial charge on any atom is 0.279 e. The Balaban J connectivity index is 1.59. The highest BCUT2D eigenvalue weighted by Gasteiger charge is 2.38. The van der Waals surface area contributed by atoms with Gasteiger partial charge in [0, 0.05) is 29.8 Å². The highest BCUT2D eigenvalue weighted by molar-refractivity contribution is 6.09. The van der Waals surface area contributed by atoms with Crippen LogP contribution in [-0.4, -0.2) is 38.0 Å². The molecule has 0 saturated carbocycles. The first-order chi connectivity index (χ1) is 18.7. The average Bonchev–Trinajstić information content (AvgIpc) is 3.48. The number of carbonyl (C=O) groups excluding carboxylic acids is 2. The summed E-state index contributed by atoms with van der Waals surface area (Å²) < 4.78 is 0. The number of benzene rings is 2. The normalized spacial score (nSPS) is 17.6. The summed E-state index contributed by atoms with van der Waals surface area (Å²) >= 11 is 0. The zero-order valence-corrected chi connectivity index (χ0v) is 22.3. The molecule has 0 aliphatic heterocycles. The van der Waals surface area contributed by atoms with Gasteiger partial charge in [-0.3, -0.25) is 19.5 Å². The predicted octanol–water partition coefficient (Wildman–Crippen LogP) is 4.65. The minimum atomic E-state index is -1.07. The number of fused-ring (bicyclic) bond motifs is 1. The molecule has 1 aliphatic carbocycles. The van der Waals surface area contributed by atoms with Gasteiger partial charge in [-0.25, -0.2) is 4.98 Å². The fourth-order valence-electron chi connectivity index (χ4n) is 5.11. The summed E-state index contributed by atoms with van der Waals surface area (Å²) in [6.45, 7) is 6.36. The van der Waals surface area contributed by atoms with E-state index in [2.05, 4.69) is 41.0 Å². The summed E-state index contributed by atoms with van der Waals surface area (Å²) in [7, 11) is 0. The van der Waals surface area contributed by atoms with Gasteiger partial charge in [0.15, 0.2) is 0 Å². The third-order valence-electron chi connectivity index (χ3n) is 7.24. The van der Waals surface area contributed by atoms with E-state index in [0.29, 0.717) is 17.7 Å². The first kappa shape index (κ1) is 26.3. The fourth-order valence-corrected chi connectivity index (χ4v) is 5.11. The molecule has 1 aliphatic rings. The molecule has 8 heteroatoms. The van der Waals surface area contributed by atoms with Crippen LogP contribution in [0.3, 0.4) is 0 Å². The van der Waals surface area contributed by atoms with Gasteiger partial charge < -0.3 is 15.4 Å². The summed E-state index contributed by atoms with van der Waals surface area (Å²) in [6, 6.07) is 17.3. The zero-order chi connectivity index (χ0) is 27.6. The summed E-state index contributed by atoms with van der Waals surface area (Å²) in [6.07, 6.45) is 6.67. The van der Waals surface area contributed by atoms with Crippen molar-refractivity contribution in [2.45, 2.75) is 57.2 Å². The van der Waals surface area contributed by atoms with Gasteiger partial charge in [0.05, 0.1) is 18.5 Å². The number of anilines is 1. The van der Waals surface area contributed by atoms with E-state index in [0.717, 1.165) is 23.1 Å². The van der Waals surface area contributed by atoms with Crippen molar-refractivity contribution in [1.29, 1.82) is 0 Å². The van der Waals surface area contributed by atoms with Gasteiger partial charge in [0.1, 0.15) is 11.7 Å². The standard InChI is InChI=1S/C31H33N5O3/c1-31(2,3)22-11-13-23(14-12-22)36(30(39)25-18-33-19-34-25)28(21-8-6-16-32-17-21)29(38)35-27-24-9-5-4-7-20(24)10-15-26(27)37/h4-9,11-14,16-19,26-28,37H,10,15H2,1-3H3,(H,33,34)(H,35,38)/t26-,27+,28?/m1/s1. The number of H-pyrrole nitrogens is 1. The van der Waals surface area contributed by atoms with Crippen LogP contribution < -0.4 is 10.2 Å². The van der Waals surface area contributed by atoms with Crippen molar-refractivity contribution >= 4 is 17.5 Å². The quantitative estimate of drug-likeness (QED) is 0.341. The maximum absolute atomic E-state index is 14.2. The summed E-state index contributed by atoms with van der Waals surface area (Å²) in [5.74, 6) is -0.860. The number of amides is 2. The lowest BCUT2D eigenvalue weighted by Crippen LogP contribution is -2.47. The lowest BCUT2D eigenvalue weighted by molar-refractivity contribution is -0.124. The Morgan fingerprint density at radius 2 is 1.85 bits per heavy atom. The number of rotatable bonds is 6. The van der Waals surface area contributed by atoms with E-state index >= 15 is 0 Å². The first-order valence-corrected chi connectivity index (χ1v) is 13.1. The molecule has 0 saturated heterocycles. The summed E-state index contributed by atoms with van der Waals surface area (Å²) in [5, 5.41) is 14.0. The van der Waals surface area contributed by atoms with E-state index in [1.165, 1.54) is 17.4 Å². The van der Waals surface area contributed by atoms with Crippen molar-refractivity contribution in [3.63, 3.8) is 0 Å². The molecule has 8 nitrogen and oxygen atoms in total. The number of pyridine rings is 1. The number of aryl methyl sites for hydroxylation is 1. The lowest BCUT2D eigenvalue weighted by Gasteiger charge is -2.35. The molecule has 3 atom stereocenters. The molecule has 2 heterocycles. The molecule has 0 bridgehead atoms. The number of hydrogen-bond donors (Lipinski definition) is 3. The van der Waals surface area contributed by atoms with Gasteiger partial charge in [-0.1, -0.05) is 63.2 Å². The van der Waals surface area contributed by atoms with Crippen molar-refractivity contribution in [2.24, 2.45) is 0 Å². The molecule has 0 radical (unpaired) electrons. The van der Waals surface area contributed by atoms with Gasteiger partial charge in [0.2, 0.25) is 5.91 Å². The largest absolute Gasteiger partial charge is 0.391 e. The number of carbonyl (C=O) groups is 2. The highest BCUT2D eigenvalue weighted by Crippen LogP contribution is 2.34. The van der Waals surface area contributed by atoms with E-state index in [-0.39, 0.29) is 11.1 Å². The molecular formula is C31H33N5O3. The van der Waals surface area contributed by atoms with E-state index in [1.807, 2.05) is 48.5 Å². The van der Waals surface area contributed by atoms with Crippen LogP contribution in [0, 0.1) is 0 Å². The number of nitrogens with zero attached hydrogens (tertiary/aromatic N) is 3. The lowest BCUT2D eigenvalue weighted by atomic mass is 9.85. The number of aliphatic hydroxyl groups is 1. The molecule has 2 aromatic carbocycles. The van der Waals surface area contributed by atoms with Gasteiger partial charge in [-0.15, -0.1) is 0 Å². The molecule has 200 valence electrons. The zero-order valence-electron chi connectivity index (χ0n) is 22.3. The van der Waals surface area contributed by atoms with Gasteiger partial charge >= 0.3 is 0 Å². The second-order valence-electron chi connectivity index (χ2n) is 10.9. The van der Waals surface area contributed by atoms with Crippen LogP contribution in [0.1, 0.15) is 72.0 Å². The maximum atomic E-state index is 14.2. The molecule has 0 spiro atoms. The third kappa shape index (κ3) is 5.47. The highest BCUT2D eigenvalue weighted by atomic mass is 16.3. The van der Waals surface area contributed by atoms with E-state index < -0.39 is 30.0 Å². The van der Waals surface area contributed by atoms with Gasteiger partial charge in [0.25, 0.3) is 5.91 Å². The molecule has 2 aromatic heterocycles. The average molecular weight is 524 g/mol. The Morgan fingerprint density at radius 1 is 1.08 bits per heavy atom. The summed E-state index contributed by atoms with van der Waals surface area (Å²) in [4.78, 5) is 40.9. The molecule has 2 amide bonds. The van der Waals surface area contributed by atoms with Crippen molar-refractivity contribution in [3.8, 4) is 0 Å². The minimum absolute atomic E-state index is 0.0831. The van der Waals surface area contributed by atoms with Crippen LogP contribution in [-0.2, 0) is 16.6 Å². The molecule has 5 rings (SSSR count). The van der Waals surface area contributed by atoms with Crippen molar-refractivity contribution in [3.05, 3.63) is 114 Å². The second kappa shape index (κ2) is 10.8. The topological polar surface area (TPSA) is 111 Å². The molecule has 0 fully saturated rings. The number of nitrogens with one attached hydrogen (secondary N) is 2. The van der Waals surface area contributed by atoms with E-state index in [4.69, 9.17) is 0 Å². The van der Waals surface area contributed by atoms with Crippen LogP contribution in [0.2, 0.25) is 0 Å². The number of imidazole rings is 1. The third-order valence-corrected chi connectivity index (χ3v) is 7.24. The van der Waals surface area contributed by atoms with Crippen LogP contribution in [0.25, 0.3) is 0 Å². The van der Waals surface area contributed by atoms with Crippen LogP contribution in [0.4, 0.5) is 5.69 Å². The number of aromatic nitrogens is 3. The first-order valence-electron chi connectivity index (χ1n) is 13.1. The number of aliphatic hydroxyl groups excluding tert-OH is 1. The Bertz CT molecular complexity index is 1430. The molecule has 4 aromatic rings. The molecule has 1 unspecified atom stereocenters. The Hall–Kier alpha value is -4.30. The molecule has 3 N–H and O–H groups in total. The number of hydrogen-bond acceptors (Lipinski definition) is 5. The Morgan fingerprint density at radius 3 is 2.51 bits per heavy atom. The smallest absolute Gasteiger partial charge is 0.279 e. The Labute approximate surface area is 228 Å².